The van der Waals surface area contributed by atoms with Gasteiger partial charge >= 0.3 is 0 Å². The molecule has 2 saturated heterocycles. The summed E-state index contributed by atoms with van der Waals surface area (Å²) < 4.78 is 5.76. The average molecular weight is 294 g/mol. The smallest absolute Gasteiger partial charge is 0.0514 e. The first kappa shape index (κ1) is 14.4. The van der Waals surface area contributed by atoms with Gasteiger partial charge in [0, 0.05) is 29.6 Å². The summed E-state index contributed by atoms with van der Waals surface area (Å²) in [5.41, 5.74) is 2.63. The first-order chi connectivity index (χ1) is 9.69. The Kier molecular flexibility index (Phi) is 4.34. The van der Waals surface area contributed by atoms with Gasteiger partial charge in [-0.3, -0.25) is 0 Å². The van der Waals surface area contributed by atoms with E-state index in [0.29, 0.717) is 23.9 Å². The number of piperidine rings is 1. The third-order valence-corrected chi connectivity index (χ3v) is 5.40. The molecule has 0 aromatic heterocycles. The molecular formula is C17H24ClNO. The minimum absolute atomic E-state index is 0.592. The lowest BCUT2D eigenvalue weighted by molar-refractivity contribution is 0.0723. The molecule has 3 heteroatoms. The number of ether oxygens (including phenoxy) is 1. The molecular weight excluding hydrogens is 270 g/mol. The highest BCUT2D eigenvalue weighted by Crippen LogP contribution is 2.42. The van der Waals surface area contributed by atoms with Crippen molar-refractivity contribution in [2.24, 2.45) is 5.92 Å². The van der Waals surface area contributed by atoms with E-state index in [2.05, 4.69) is 31.3 Å². The Morgan fingerprint density at radius 2 is 2.20 bits per heavy atom. The van der Waals surface area contributed by atoms with E-state index in [1.54, 1.807) is 0 Å². The van der Waals surface area contributed by atoms with Crippen molar-refractivity contribution in [2.75, 3.05) is 13.2 Å². The van der Waals surface area contributed by atoms with Crippen molar-refractivity contribution in [1.82, 2.24) is 5.32 Å². The number of hydrogen-bond donors (Lipinski definition) is 1. The summed E-state index contributed by atoms with van der Waals surface area (Å²) in [6.45, 7) is 5.85. The normalized spacial score (nSPS) is 32.5. The number of aryl methyl sites for hydroxylation is 1. The summed E-state index contributed by atoms with van der Waals surface area (Å²) in [6.07, 6.45) is 3.84. The fourth-order valence-electron chi connectivity index (χ4n) is 3.90. The number of fused-ring (bicyclic) bond motifs is 2. The zero-order chi connectivity index (χ0) is 14.1. The molecule has 0 spiro atoms. The second-order valence-corrected chi connectivity index (χ2v) is 6.63. The van der Waals surface area contributed by atoms with E-state index in [4.69, 9.17) is 16.3 Å². The van der Waals surface area contributed by atoms with Gasteiger partial charge in [-0.05, 0) is 56.2 Å². The molecule has 1 aromatic rings. The Morgan fingerprint density at radius 3 is 2.95 bits per heavy atom. The van der Waals surface area contributed by atoms with Crippen LogP contribution in [-0.4, -0.2) is 25.3 Å². The zero-order valence-corrected chi connectivity index (χ0v) is 13.1. The van der Waals surface area contributed by atoms with Crippen LogP contribution < -0.4 is 5.32 Å². The molecule has 0 aliphatic carbocycles. The van der Waals surface area contributed by atoms with Crippen LogP contribution in [0.1, 0.15) is 43.2 Å². The highest BCUT2D eigenvalue weighted by molar-refractivity contribution is 6.31. The maximum atomic E-state index is 6.17. The van der Waals surface area contributed by atoms with E-state index in [-0.39, 0.29) is 0 Å². The quantitative estimate of drug-likeness (QED) is 0.909. The summed E-state index contributed by atoms with van der Waals surface area (Å²) >= 11 is 6.17. The van der Waals surface area contributed by atoms with E-state index >= 15 is 0 Å². The Morgan fingerprint density at radius 1 is 1.35 bits per heavy atom. The summed E-state index contributed by atoms with van der Waals surface area (Å²) in [6, 6.07) is 7.86. The minimum atomic E-state index is 0.592. The predicted molar refractivity (Wildman–Crippen MR) is 83.5 cm³/mol. The Hall–Kier alpha value is -0.570. The van der Waals surface area contributed by atoms with Crippen LogP contribution in [0.15, 0.2) is 18.2 Å². The van der Waals surface area contributed by atoms with Crippen molar-refractivity contribution in [1.29, 1.82) is 0 Å². The molecule has 2 aliphatic rings. The van der Waals surface area contributed by atoms with Gasteiger partial charge in [0.15, 0.2) is 0 Å². The van der Waals surface area contributed by atoms with Crippen LogP contribution >= 0.6 is 11.6 Å². The maximum Gasteiger partial charge on any atom is 0.0514 e. The summed E-state index contributed by atoms with van der Waals surface area (Å²) in [7, 11) is 0. The van der Waals surface area contributed by atoms with Gasteiger partial charge in [0.1, 0.15) is 0 Å². The van der Waals surface area contributed by atoms with Crippen LogP contribution in [0.4, 0.5) is 0 Å². The number of hydrogen-bond acceptors (Lipinski definition) is 2. The van der Waals surface area contributed by atoms with Gasteiger partial charge in [0.25, 0.3) is 0 Å². The first-order valence-corrected chi connectivity index (χ1v) is 8.16. The van der Waals surface area contributed by atoms with Gasteiger partial charge in [0.05, 0.1) is 6.61 Å². The molecule has 1 N–H and O–H groups in total. The van der Waals surface area contributed by atoms with Crippen molar-refractivity contribution in [2.45, 2.75) is 51.1 Å². The summed E-state index contributed by atoms with van der Waals surface area (Å²) in [5.74, 6) is 1.20. The number of nitrogens with one attached hydrogen (secondary N) is 1. The molecule has 1 aromatic carbocycles. The van der Waals surface area contributed by atoms with Gasteiger partial charge in [-0.15, -0.1) is 0 Å². The molecule has 110 valence electrons. The number of benzene rings is 1. The molecule has 0 amide bonds. The fourth-order valence-corrected chi connectivity index (χ4v) is 4.02. The van der Waals surface area contributed by atoms with Crippen LogP contribution in [0, 0.1) is 12.8 Å². The monoisotopic (exact) mass is 293 g/mol. The molecule has 20 heavy (non-hydrogen) atoms. The molecule has 2 nitrogen and oxygen atoms in total. The molecule has 3 unspecified atom stereocenters. The lowest BCUT2D eigenvalue weighted by atomic mass is 9.77. The second-order valence-electron chi connectivity index (χ2n) is 6.22. The molecule has 2 heterocycles. The van der Waals surface area contributed by atoms with Crippen LogP contribution in [0.2, 0.25) is 5.02 Å². The van der Waals surface area contributed by atoms with Crippen molar-refractivity contribution in [3.8, 4) is 0 Å². The lowest BCUT2D eigenvalue weighted by Crippen LogP contribution is -2.46. The highest BCUT2D eigenvalue weighted by Gasteiger charge is 2.42. The number of halogens is 1. The Bertz CT molecular complexity index is 476. The highest BCUT2D eigenvalue weighted by atomic mass is 35.5. The molecule has 2 bridgehead atoms. The van der Waals surface area contributed by atoms with E-state index < -0.39 is 0 Å². The van der Waals surface area contributed by atoms with E-state index in [1.165, 1.54) is 30.4 Å². The SMILES string of the molecule is CCOC[C@H]1C2CCC(CC1c1ccc(Cl)c(C)c1)N2. The van der Waals surface area contributed by atoms with Crippen molar-refractivity contribution in [3.63, 3.8) is 0 Å². The first-order valence-electron chi connectivity index (χ1n) is 7.79. The zero-order valence-electron chi connectivity index (χ0n) is 12.4. The molecule has 3 rings (SSSR count). The van der Waals surface area contributed by atoms with Crippen LogP contribution in [0.5, 0.6) is 0 Å². The molecule has 0 saturated carbocycles. The Balaban J connectivity index is 1.85. The van der Waals surface area contributed by atoms with Gasteiger partial charge in [0.2, 0.25) is 0 Å². The van der Waals surface area contributed by atoms with Crippen LogP contribution in [0.3, 0.4) is 0 Å². The maximum absolute atomic E-state index is 6.17. The van der Waals surface area contributed by atoms with Gasteiger partial charge in [-0.1, -0.05) is 23.7 Å². The second kappa shape index (κ2) is 6.05. The third-order valence-electron chi connectivity index (χ3n) is 4.97. The van der Waals surface area contributed by atoms with Crippen molar-refractivity contribution >= 4 is 11.6 Å². The summed E-state index contributed by atoms with van der Waals surface area (Å²) in [5, 5.41) is 4.64. The standard InChI is InChI=1S/C17H24ClNO/c1-3-20-10-15-14(9-13-5-7-17(15)19-13)12-4-6-16(18)11(2)8-12/h4,6,8,13-15,17,19H,3,5,7,9-10H2,1-2H3/t13?,14?,15-,17?/m1/s1. The number of rotatable bonds is 4. The van der Waals surface area contributed by atoms with Crippen molar-refractivity contribution < 1.29 is 4.74 Å². The van der Waals surface area contributed by atoms with Crippen LogP contribution in [-0.2, 0) is 4.74 Å². The van der Waals surface area contributed by atoms with Gasteiger partial charge in [-0.2, -0.15) is 0 Å². The van der Waals surface area contributed by atoms with Crippen molar-refractivity contribution in [3.05, 3.63) is 34.3 Å². The van der Waals surface area contributed by atoms with E-state index in [9.17, 15) is 0 Å². The van der Waals surface area contributed by atoms with Gasteiger partial charge in [-0.25, -0.2) is 0 Å². The topological polar surface area (TPSA) is 21.3 Å². The Labute approximate surface area is 126 Å². The average Bonchev–Trinajstić information content (AvgIpc) is 2.83. The van der Waals surface area contributed by atoms with Crippen LogP contribution in [0.25, 0.3) is 0 Å². The fraction of sp³-hybridized carbons (Fsp3) is 0.647. The minimum Gasteiger partial charge on any atom is -0.381 e. The predicted octanol–water partition coefficient (Wildman–Crippen LogP) is 3.91. The largest absolute Gasteiger partial charge is 0.381 e. The van der Waals surface area contributed by atoms with E-state index in [1.807, 2.05) is 6.07 Å². The lowest BCUT2D eigenvalue weighted by Gasteiger charge is -2.38. The molecule has 2 fully saturated rings. The third kappa shape index (κ3) is 2.74. The van der Waals surface area contributed by atoms with E-state index in [0.717, 1.165) is 18.2 Å². The molecule has 2 aliphatic heterocycles. The molecule has 0 radical (unpaired) electrons. The molecule has 4 atom stereocenters. The summed E-state index contributed by atoms with van der Waals surface area (Å²) in [4.78, 5) is 0. The van der Waals surface area contributed by atoms with Gasteiger partial charge < -0.3 is 10.1 Å².